The Morgan fingerprint density at radius 2 is 2.10 bits per heavy atom. The van der Waals surface area contributed by atoms with Gasteiger partial charge < -0.3 is 20.3 Å². The summed E-state index contributed by atoms with van der Waals surface area (Å²) in [6.45, 7) is 2.73. The van der Waals surface area contributed by atoms with Crippen LogP contribution in [-0.4, -0.2) is 40.8 Å². The summed E-state index contributed by atoms with van der Waals surface area (Å²) in [7, 11) is 0. The standard InChI is InChI=1S/C13H16ClNO5/c1-7-3-4-9(14)10(5-7)20-6-11(17)15-12(8(2)16)13(18)19/h3-5,8,12,16H,6H2,1-2H3,(H,15,17)(H,18,19)/t8-,12+/m1/s1. The first kappa shape index (κ1) is 16.3. The van der Waals surface area contributed by atoms with E-state index in [1.807, 2.05) is 6.92 Å². The molecule has 0 heterocycles. The zero-order valence-corrected chi connectivity index (χ0v) is 11.8. The Hall–Kier alpha value is -1.79. The van der Waals surface area contributed by atoms with Gasteiger partial charge in [-0.25, -0.2) is 4.79 Å². The Morgan fingerprint density at radius 1 is 1.45 bits per heavy atom. The molecule has 0 aliphatic heterocycles. The summed E-state index contributed by atoms with van der Waals surface area (Å²) < 4.78 is 5.22. The minimum absolute atomic E-state index is 0.339. The van der Waals surface area contributed by atoms with Gasteiger partial charge >= 0.3 is 5.97 Å². The maximum atomic E-state index is 11.6. The average molecular weight is 302 g/mol. The van der Waals surface area contributed by atoms with Crippen LogP contribution in [0.2, 0.25) is 5.02 Å². The van der Waals surface area contributed by atoms with Crippen LogP contribution >= 0.6 is 11.6 Å². The van der Waals surface area contributed by atoms with Gasteiger partial charge in [-0.3, -0.25) is 4.79 Å². The van der Waals surface area contributed by atoms with E-state index in [0.29, 0.717) is 10.8 Å². The van der Waals surface area contributed by atoms with Crippen LogP contribution in [0.4, 0.5) is 0 Å². The van der Waals surface area contributed by atoms with E-state index in [2.05, 4.69) is 5.32 Å². The van der Waals surface area contributed by atoms with Gasteiger partial charge in [0.2, 0.25) is 0 Å². The minimum Gasteiger partial charge on any atom is -0.482 e. The first-order valence-corrected chi connectivity index (χ1v) is 6.28. The molecule has 6 nitrogen and oxygen atoms in total. The molecule has 0 aliphatic carbocycles. The van der Waals surface area contributed by atoms with Crippen molar-refractivity contribution in [2.75, 3.05) is 6.61 Å². The van der Waals surface area contributed by atoms with Crippen molar-refractivity contribution in [2.45, 2.75) is 26.0 Å². The Bertz CT molecular complexity index is 504. The lowest BCUT2D eigenvalue weighted by Crippen LogP contribution is -2.49. The molecule has 1 rings (SSSR count). The number of nitrogens with one attached hydrogen (secondary N) is 1. The molecule has 1 aromatic rings. The number of amides is 1. The van der Waals surface area contributed by atoms with E-state index in [-0.39, 0.29) is 6.61 Å². The van der Waals surface area contributed by atoms with Gasteiger partial charge in [-0.15, -0.1) is 0 Å². The molecule has 20 heavy (non-hydrogen) atoms. The van der Waals surface area contributed by atoms with Gasteiger partial charge in [-0.05, 0) is 31.5 Å². The van der Waals surface area contributed by atoms with E-state index in [0.717, 1.165) is 5.56 Å². The molecule has 1 amide bonds. The lowest BCUT2D eigenvalue weighted by Gasteiger charge is -2.17. The van der Waals surface area contributed by atoms with Crippen molar-refractivity contribution in [3.63, 3.8) is 0 Å². The van der Waals surface area contributed by atoms with Crippen molar-refractivity contribution < 1.29 is 24.5 Å². The summed E-state index contributed by atoms with van der Waals surface area (Å²) in [5.41, 5.74) is 0.914. The summed E-state index contributed by atoms with van der Waals surface area (Å²) in [5, 5.41) is 20.6. The molecule has 0 spiro atoms. The quantitative estimate of drug-likeness (QED) is 0.728. The Labute approximate surface area is 121 Å². The van der Waals surface area contributed by atoms with Crippen molar-refractivity contribution in [1.29, 1.82) is 0 Å². The molecule has 0 radical (unpaired) electrons. The molecule has 0 bridgehead atoms. The second-order valence-corrected chi connectivity index (χ2v) is 4.75. The van der Waals surface area contributed by atoms with E-state index in [1.165, 1.54) is 6.92 Å². The second-order valence-electron chi connectivity index (χ2n) is 4.35. The normalized spacial score (nSPS) is 13.4. The van der Waals surface area contributed by atoms with Crippen LogP contribution in [0, 0.1) is 6.92 Å². The number of rotatable bonds is 6. The Kier molecular flexibility index (Phi) is 5.79. The second kappa shape index (κ2) is 7.12. The number of hydrogen-bond acceptors (Lipinski definition) is 4. The van der Waals surface area contributed by atoms with Crippen LogP contribution in [-0.2, 0) is 9.59 Å². The van der Waals surface area contributed by atoms with Gasteiger partial charge in [0.25, 0.3) is 5.91 Å². The molecule has 2 atom stereocenters. The van der Waals surface area contributed by atoms with Crippen LogP contribution in [0.5, 0.6) is 5.75 Å². The molecule has 0 fully saturated rings. The number of carbonyl (C=O) groups is 2. The molecule has 0 aliphatic rings. The van der Waals surface area contributed by atoms with Gasteiger partial charge in [0, 0.05) is 0 Å². The monoisotopic (exact) mass is 301 g/mol. The predicted octanol–water partition coefficient (Wildman–Crippen LogP) is 0.977. The topological polar surface area (TPSA) is 95.9 Å². The number of carboxylic acid groups (broad SMARTS) is 1. The van der Waals surface area contributed by atoms with Crippen molar-refractivity contribution in [3.05, 3.63) is 28.8 Å². The molecule has 0 aromatic heterocycles. The number of carbonyl (C=O) groups excluding carboxylic acids is 1. The fourth-order valence-electron chi connectivity index (χ4n) is 1.47. The minimum atomic E-state index is -1.38. The smallest absolute Gasteiger partial charge is 0.328 e. The number of aliphatic carboxylic acids is 1. The Morgan fingerprint density at radius 3 is 2.65 bits per heavy atom. The van der Waals surface area contributed by atoms with Gasteiger partial charge in [0.05, 0.1) is 11.1 Å². The van der Waals surface area contributed by atoms with Crippen molar-refractivity contribution in [3.8, 4) is 5.75 Å². The van der Waals surface area contributed by atoms with Gasteiger partial charge in [-0.2, -0.15) is 0 Å². The summed E-state index contributed by atoms with van der Waals surface area (Å²) in [5.74, 6) is -1.64. The number of carboxylic acids is 1. The van der Waals surface area contributed by atoms with Crippen LogP contribution in [0.15, 0.2) is 18.2 Å². The van der Waals surface area contributed by atoms with Crippen molar-refractivity contribution in [2.24, 2.45) is 0 Å². The highest BCUT2D eigenvalue weighted by Gasteiger charge is 2.25. The lowest BCUT2D eigenvalue weighted by atomic mass is 10.2. The summed E-state index contributed by atoms with van der Waals surface area (Å²) >= 11 is 5.90. The molecule has 7 heteroatoms. The highest BCUT2D eigenvalue weighted by atomic mass is 35.5. The zero-order chi connectivity index (χ0) is 15.3. The molecular formula is C13H16ClNO5. The van der Waals surface area contributed by atoms with E-state index in [1.54, 1.807) is 18.2 Å². The van der Waals surface area contributed by atoms with Gasteiger partial charge in [-0.1, -0.05) is 17.7 Å². The van der Waals surface area contributed by atoms with Crippen LogP contribution in [0.1, 0.15) is 12.5 Å². The van der Waals surface area contributed by atoms with Crippen molar-refractivity contribution >= 4 is 23.5 Å². The van der Waals surface area contributed by atoms with E-state index in [4.69, 9.17) is 21.4 Å². The molecule has 3 N–H and O–H groups in total. The van der Waals surface area contributed by atoms with Gasteiger partial charge in [0.15, 0.2) is 12.6 Å². The van der Waals surface area contributed by atoms with Crippen LogP contribution in [0.3, 0.4) is 0 Å². The highest BCUT2D eigenvalue weighted by molar-refractivity contribution is 6.32. The number of aliphatic hydroxyl groups is 1. The molecule has 110 valence electrons. The highest BCUT2D eigenvalue weighted by Crippen LogP contribution is 2.24. The molecule has 1 aromatic carbocycles. The third kappa shape index (κ3) is 4.71. The first-order chi connectivity index (χ1) is 9.31. The largest absolute Gasteiger partial charge is 0.482 e. The first-order valence-electron chi connectivity index (χ1n) is 5.90. The maximum Gasteiger partial charge on any atom is 0.328 e. The van der Waals surface area contributed by atoms with E-state index in [9.17, 15) is 14.7 Å². The SMILES string of the molecule is Cc1ccc(Cl)c(OCC(=O)N[C@H](C(=O)O)[C@@H](C)O)c1. The number of aryl methyl sites for hydroxylation is 1. The van der Waals surface area contributed by atoms with Crippen LogP contribution in [0.25, 0.3) is 0 Å². The summed E-state index contributed by atoms with van der Waals surface area (Å²) in [6.07, 6.45) is -1.21. The summed E-state index contributed by atoms with van der Waals surface area (Å²) in [6, 6.07) is 3.72. The van der Waals surface area contributed by atoms with E-state index >= 15 is 0 Å². The number of halogens is 1. The summed E-state index contributed by atoms with van der Waals surface area (Å²) in [4.78, 5) is 22.4. The lowest BCUT2D eigenvalue weighted by molar-refractivity contribution is -0.145. The van der Waals surface area contributed by atoms with Gasteiger partial charge in [0.1, 0.15) is 5.75 Å². The number of aliphatic hydroxyl groups excluding tert-OH is 1. The predicted molar refractivity (Wildman–Crippen MR) is 72.9 cm³/mol. The molecule has 0 saturated heterocycles. The third-order valence-corrected chi connectivity index (χ3v) is 2.82. The molecule has 0 unspecified atom stereocenters. The zero-order valence-electron chi connectivity index (χ0n) is 11.1. The number of hydrogen-bond donors (Lipinski definition) is 3. The van der Waals surface area contributed by atoms with E-state index < -0.39 is 24.0 Å². The number of benzene rings is 1. The molecule has 0 saturated carbocycles. The third-order valence-electron chi connectivity index (χ3n) is 2.51. The fraction of sp³-hybridized carbons (Fsp3) is 0.385. The Balaban J connectivity index is 2.59. The number of ether oxygens (including phenoxy) is 1. The molecular weight excluding hydrogens is 286 g/mol. The van der Waals surface area contributed by atoms with Crippen molar-refractivity contribution in [1.82, 2.24) is 5.32 Å². The average Bonchev–Trinajstić information content (AvgIpc) is 2.36. The fourth-order valence-corrected chi connectivity index (χ4v) is 1.64. The van der Waals surface area contributed by atoms with Crippen LogP contribution < -0.4 is 10.1 Å². The maximum absolute atomic E-state index is 11.6.